The summed E-state index contributed by atoms with van der Waals surface area (Å²) in [7, 11) is 0. The topological polar surface area (TPSA) is 63.7 Å². The molecule has 0 fully saturated rings. The van der Waals surface area contributed by atoms with Gasteiger partial charge in [-0.1, -0.05) is 0 Å². The zero-order valence-corrected chi connectivity index (χ0v) is 7.42. The molecule has 6 heteroatoms. The molecule has 0 aromatic rings. The Labute approximate surface area is 74.2 Å². The first kappa shape index (κ1) is 10.9. The van der Waals surface area contributed by atoms with Gasteiger partial charge in [0.2, 0.25) is 5.24 Å². The SMILES string of the molecule is CC(=O)ON(CC(=O)Cl)C(C)=O. The number of carbonyl (C=O) groups excluding carboxylic acids is 3. The maximum absolute atomic E-state index is 10.7. The molecule has 0 saturated heterocycles. The van der Waals surface area contributed by atoms with E-state index in [2.05, 4.69) is 4.84 Å². The van der Waals surface area contributed by atoms with Gasteiger partial charge in [0, 0.05) is 13.8 Å². The van der Waals surface area contributed by atoms with Crippen LogP contribution in [0.2, 0.25) is 0 Å². The number of hydrogen-bond donors (Lipinski definition) is 0. The van der Waals surface area contributed by atoms with E-state index in [4.69, 9.17) is 11.6 Å². The van der Waals surface area contributed by atoms with E-state index in [9.17, 15) is 14.4 Å². The summed E-state index contributed by atoms with van der Waals surface area (Å²) in [6.45, 7) is 1.84. The minimum atomic E-state index is -0.772. The lowest BCUT2D eigenvalue weighted by Crippen LogP contribution is -2.34. The molecule has 0 aliphatic carbocycles. The first-order valence-corrected chi connectivity index (χ1v) is 3.46. The molecule has 0 N–H and O–H groups in total. The summed E-state index contributed by atoms with van der Waals surface area (Å²) in [5.74, 6) is -1.23. The van der Waals surface area contributed by atoms with E-state index in [0.29, 0.717) is 5.06 Å². The molecular formula is C6H8ClNO4. The molecule has 12 heavy (non-hydrogen) atoms. The minimum Gasteiger partial charge on any atom is -0.338 e. The van der Waals surface area contributed by atoms with Crippen molar-refractivity contribution >= 4 is 28.7 Å². The van der Waals surface area contributed by atoms with Crippen LogP contribution in [-0.2, 0) is 19.2 Å². The number of amides is 1. The van der Waals surface area contributed by atoms with Crippen LogP contribution in [0.25, 0.3) is 0 Å². The highest BCUT2D eigenvalue weighted by molar-refractivity contribution is 6.64. The van der Waals surface area contributed by atoms with Crippen molar-refractivity contribution in [2.75, 3.05) is 6.54 Å². The Morgan fingerprint density at radius 3 is 2.08 bits per heavy atom. The lowest BCUT2D eigenvalue weighted by atomic mass is 10.6. The van der Waals surface area contributed by atoms with Crippen LogP contribution in [0.15, 0.2) is 0 Å². The van der Waals surface area contributed by atoms with Gasteiger partial charge in [0.25, 0.3) is 5.91 Å². The van der Waals surface area contributed by atoms with Gasteiger partial charge in [0.15, 0.2) is 0 Å². The number of nitrogens with zero attached hydrogens (tertiary/aromatic N) is 1. The van der Waals surface area contributed by atoms with Crippen LogP contribution in [0.3, 0.4) is 0 Å². The van der Waals surface area contributed by atoms with E-state index in [1.807, 2.05) is 0 Å². The molecule has 0 atom stereocenters. The molecule has 0 aliphatic heterocycles. The van der Waals surface area contributed by atoms with Gasteiger partial charge >= 0.3 is 5.97 Å². The standard InChI is InChI=1S/C6H8ClNO4/c1-4(9)8(3-6(7)11)12-5(2)10/h3H2,1-2H3. The predicted octanol–water partition coefficient (Wildman–Crippen LogP) is 0.0784. The van der Waals surface area contributed by atoms with Crippen molar-refractivity contribution in [3.8, 4) is 0 Å². The summed E-state index contributed by atoms with van der Waals surface area (Å²) in [5.41, 5.74) is 0. The summed E-state index contributed by atoms with van der Waals surface area (Å²) < 4.78 is 0. The normalized spacial score (nSPS) is 8.92. The van der Waals surface area contributed by atoms with Gasteiger partial charge in [-0.05, 0) is 11.6 Å². The van der Waals surface area contributed by atoms with Gasteiger partial charge in [-0.25, -0.2) is 0 Å². The summed E-state index contributed by atoms with van der Waals surface area (Å²) >= 11 is 4.98. The summed E-state index contributed by atoms with van der Waals surface area (Å²) in [6.07, 6.45) is 0. The number of hydrogen-bond acceptors (Lipinski definition) is 4. The predicted molar refractivity (Wildman–Crippen MR) is 40.0 cm³/mol. The Morgan fingerprint density at radius 1 is 1.33 bits per heavy atom. The van der Waals surface area contributed by atoms with Gasteiger partial charge in [-0.2, -0.15) is 5.06 Å². The van der Waals surface area contributed by atoms with Gasteiger partial charge in [0.05, 0.1) is 0 Å². The monoisotopic (exact) mass is 193 g/mol. The van der Waals surface area contributed by atoms with E-state index in [-0.39, 0.29) is 0 Å². The van der Waals surface area contributed by atoms with E-state index in [1.165, 1.54) is 0 Å². The highest BCUT2D eigenvalue weighted by Gasteiger charge is 2.14. The largest absolute Gasteiger partial charge is 0.338 e. The third-order valence-electron chi connectivity index (χ3n) is 0.858. The molecule has 0 heterocycles. The van der Waals surface area contributed by atoms with Crippen LogP contribution in [0.1, 0.15) is 13.8 Å². The van der Waals surface area contributed by atoms with E-state index < -0.39 is 23.7 Å². The molecule has 1 amide bonds. The quantitative estimate of drug-likeness (QED) is 0.460. The van der Waals surface area contributed by atoms with Crippen molar-refractivity contribution < 1.29 is 19.2 Å². The molecule has 5 nitrogen and oxygen atoms in total. The van der Waals surface area contributed by atoms with Crippen LogP contribution in [0.4, 0.5) is 0 Å². The van der Waals surface area contributed by atoms with Crippen LogP contribution < -0.4 is 0 Å². The second-order valence-electron chi connectivity index (χ2n) is 1.99. The zero-order chi connectivity index (χ0) is 9.72. The molecule has 0 aromatic heterocycles. The molecule has 0 saturated carbocycles. The van der Waals surface area contributed by atoms with Gasteiger partial charge in [-0.3, -0.25) is 14.4 Å². The Kier molecular flexibility index (Phi) is 4.28. The zero-order valence-electron chi connectivity index (χ0n) is 6.67. The molecule has 0 aliphatic rings. The molecule has 0 bridgehead atoms. The Bertz CT molecular complexity index is 200. The molecule has 0 aromatic carbocycles. The highest BCUT2D eigenvalue weighted by atomic mass is 35.5. The Hall–Kier alpha value is -1.10. The molecule has 0 unspecified atom stereocenters. The van der Waals surface area contributed by atoms with Crippen LogP contribution in [-0.4, -0.2) is 28.7 Å². The number of hydroxylamine groups is 2. The smallest absolute Gasteiger partial charge is 0.329 e. The summed E-state index contributed by atoms with van der Waals surface area (Å²) in [4.78, 5) is 35.7. The molecular weight excluding hydrogens is 186 g/mol. The number of carbonyl (C=O) groups is 3. The molecule has 0 spiro atoms. The van der Waals surface area contributed by atoms with Crippen LogP contribution in [0, 0.1) is 0 Å². The van der Waals surface area contributed by atoms with Crippen LogP contribution >= 0.6 is 11.6 Å². The van der Waals surface area contributed by atoms with E-state index >= 15 is 0 Å². The fourth-order valence-electron chi connectivity index (χ4n) is 0.476. The summed E-state index contributed by atoms with van der Waals surface area (Å²) in [5, 5.41) is -0.177. The lowest BCUT2D eigenvalue weighted by Gasteiger charge is -2.15. The van der Waals surface area contributed by atoms with Crippen molar-refractivity contribution in [3.05, 3.63) is 0 Å². The highest BCUT2D eigenvalue weighted by Crippen LogP contribution is 1.94. The average molecular weight is 194 g/mol. The minimum absolute atomic E-state index is 0.434. The van der Waals surface area contributed by atoms with Crippen molar-refractivity contribution in [2.45, 2.75) is 13.8 Å². The van der Waals surface area contributed by atoms with Crippen molar-refractivity contribution in [1.82, 2.24) is 5.06 Å². The molecule has 68 valence electrons. The fourth-order valence-corrected chi connectivity index (χ4v) is 0.585. The van der Waals surface area contributed by atoms with Crippen molar-refractivity contribution in [3.63, 3.8) is 0 Å². The second kappa shape index (κ2) is 4.71. The van der Waals surface area contributed by atoms with E-state index in [0.717, 1.165) is 13.8 Å². The molecule has 0 radical (unpaired) electrons. The van der Waals surface area contributed by atoms with Gasteiger partial charge in [0.1, 0.15) is 6.54 Å². The van der Waals surface area contributed by atoms with Gasteiger partial charge in [-0.15, -0.1) is 0 Å². The van der Waals surface area contributed by atoms with Crippen molar-refractivity contribution in [2.24, 2.45) is 0 Å². The summed E-state index contributed by atoms with van der Waals surface area (Å²) in [6, 6.07) is 0. The second-order valence-corrected chi connectivity index (χ2v) is 2.42. The average Bonchev–Trinajstić information content (AvgIpc) is 1.83. The fraction of sp³-hybridized carbons (Fsp3) is 0.500. The lowest BCUT2D eigenvalue weighted by molar-refractivity contribution is -0.194. The van der Waals surface area contributed by atoms with Crippen molar-refractivity contribution in [1.29, 1.82) is 0 Å². The van der Waals surface area contributed by atoms with E-state index in [1.54, 1.807) is 0 Å². The Morgan fingerprint density at radius 2 is 1.83 bits per heavy atom. The molecule has 0 rings (SSSR count). The third kappa shape index (κ3) is 4.68. The first-order valence-electron chi connectivity index (χ1n) is 3.08. The first-order chi connectivity index (χ1) is 5.43. The van der Waals surface area contributed by atoms with Crippen LogP contribution in [0.5, 0.6) is 0 Å². The van der Waals surface area contributed by atoms with Gasteiger partial charge < -0.3 is 4.84 Å². The maximum Gasteiger partial charge on any atom is 0.329 e. The maximum atomic E-state index is 10.7. The number of rotatable bonds is 2. The number of halogens is 1. The third-order valence-corrected chi connectivity index (χ3v) is 0.977. The Balaban J connectivity index is 4.14.